The molecule has 0 heterocycles. The van der Waals surface area contributed by atoms with Crippen LogP contribution in [0.3, 0.4) is 0 Å². The first-order chi connectivity index (χ1) is 10.5. The molecule has 0 aliphatic carbocycles. The van der Waals surface area contributed by atoms with Gasteiger partial charge in [-0.25, -0.2) is 4.39 Å². The van der Waals surface area contributed by atoms with E-state index in [9.17, 15) is 9.18 Å². The number of Topliss-reactive ketones (excluding diaryl/α,β-unsaturated/α-hetero) is 1. The van der Waals surface area contributed by atoms with E-state index in [-0.39, 0.29) is 11.6 Å². The van der Waals surface area contributed by atoms with Crippen LogP contribution in [0.25, 0.3) is 0 Å². The van der Waals surface area contributed by atoms with E-state index in [2.05, 4.69) is 0 Å². The van der Waals surface area contributed by atoms with Crippen LogP contribution in [-0.4, -0.2) is 34.4 Å². The lowest BCUT2D eigenvalue weighted by molar-refractivity contribution is 0.0712. The van der Waals surface area contributed by atoms with E-state index in [1.54, 1.807) is 12.1 Å². The third kappa shape index (κ3) is 4.98. The molecule has 0 spiro atoms. The second kappa shape index (κ2) is 9.15. The van der Waals surface area contributed by atoms with E-state index in [4.69, 9.17) is 13.3 Å². The lowest BCUT2D eigenvalue weighted by Gasteiger charge is -2.28. The first-order valence-corrected chi connectivity index (χ1v) is 9.63. The fourth-order valence-corrected chi connectivity index (χ4v) is 4.98. The summed E-state index contributed by atoms with van der Waals surface area (Å²) < 4.78 is 31.4. The zero-order valence-electron chi connectivity index (χ0n) is 13.8. The van der Waals surface area contributed by atoms with Crippen molar-refractivity contribution in [2.45, 2.75) is 40.2 Å². The maximum atomic E-state index is 14.1. The Hall–Kier alpha value is -1.08. The first-order valence-electron chi connectivity index (χ1n) is 7.69. The highest BCUT2D eigenvalue weighted by Crippen LogP contribution is 2.23. The molecule has 1 aromatic carbocycles. The summed E-state index contributed by atoms with van der Waals surface area (Å²) in [5, 5.41) is 0. The number of benzene rings is 1. The molecule has 0 radical (unpaired) electrons. The minimum Gasteiger partial charge on any atom is -0.374 e. The van der Waals surface area contributed by atoms with Crippen molar-refractivity contribution in [2.24, 2.45) is 0 Å². The number of hydrogen-bond acceptors (Lipinski definition) is 4. The average Bonchev–Trinajstić information content (AvgIpc) is 2.46. The quantitative estimate of drug-likeness (QED) is 0.486. The number of carbonyl (C=O) groups excluding carboxylic acids is 1. The predicted molar refractivity (Wildman–Crippen MR) is 85.5 cm³/mol. The number of rotatable bonds is 10. The van der Waals surface area contributed by atoms with Crippen LogP contribution < -0.4 is 0 Å². The summed E-state index contributed by atoms with van der Waals surface area (Å²) in [6, 6.07) is 5.01. The van der Waals surface area contributed by atoms with Gasteiger partial charge in [-0.05, 0) is 45.7 Å². The Kier molecular flexibility index (Phi) is 7.88. The van der Waals surface area contributed by atoms with Crippen LogP contribution in [0.5, 0.6) is 0 Å². The van der Waals surface area contributed by atoms with Gasteiger partial charge in [-0.2, -0.15) is 0 Å². The Morgan fingerprint density at radius 2 is 1.64 bits per heavy atom. The van der Waals surface area contributed by atoms with E-state index < -0.39 is 8.80 Å². The van der Waals surface area contributed by atoms with Crippen molar-refractivity contribution in [3.63, 3.8) is 0 Å². The molecule has 0 atom stereocenters. The second-order valence-corrected chi connectivity index (χ2v) is 7.54. The van der Waals surface area contributed by atoms with Gasteiger partial charge in [-0.1, -0.05) is 12.1 Å². The van der Waals surface area contributed by atoms with Crippen molar-refractivity contribution in [1.29, 1.82) is 0 Å². The molecule has 1 rings (SSSR count). The molecule has 0 saturated heterocycles. The number of ketones is 1. The Labute approximate surface area is 132 Å². The van der Waals surface area contributed by atoms with Gasteiger partial charge in [-0.3, -0.25) is 4.79 Å². The van der Waals surface area contributed by atoms with Gasteiger partial charge in [0.1, 0.15) is 5.82 Å². The summed E-state index contributed by atoms with van der Waals surface area (Å²) in [6.45, 7) is 8.50. The minimum atomic E-state index is -2.84. The molecule has 0 fully saturated rings. The lowest BCUT2D eigenvalue weighted by atomic mass is 10.0. The Bertz CT molecular complexity index is 476. The van der Waals surface area contributed by atoms with Gasteiger partial charge < -0.3 is 13.3 Å². The highest BCUT2D eigenvalue weighted by Gasteiger charge is 2.40. The Morgan fingerprint density at radius 3 is 2.09 bits per heavy atom. The van der Waals surface area contributed by atoms with E-state index in [1.807, 2.05) is 20.8 Å². The molecule has 0 saturated carbocycles. The average molecular weight is 328 g/mol. The van der Waals surface area contributed by atoms with Crippen LogP contribution in [-0.2, 0) is 19.7 Å². The molecule has 22 heavy (non-hydrogen) atoms. The molecule has 0 amide bonds. The summed E-state index contributed by atoms with van der Waals surface area (Å²) in [5.74, 6) is -0.522. The largest absolute Gasteiger partial charge is 0.501 e. The summed E-state index contributed by atoms with van der Waals surface area (Å²) in [6.07, 6.45) is 0.355. The van der Waals surface area contributed by atoms with Gasteiger partial charge in [0.2, 0.25) is 0 Å². The van der Waals surface area contributed by atoms with Crippen molar-refractivity contribution in [1.82, 2.24) is 0 Å². The van der Waals surface area contributed by atoms with E-state index in [0.29, 0.717) is 43.4 Å². The molecule has 0 unspecified atom stereocenters. The van der Waals surface area contributed by atoms with Crippen molar-refractivity contribution in [2.75, 3.05) is 19.8 Å². The zero-order valence-corrected chi connectivity index (χ0v) is 14.8. The van der Waals surface area contributed by atoms with Crippen molar-refractivity contribution in [3.8, 4) is 0 Å². The maximum absolute atomic E-state index is 14.1. The maximum Gasteiger partial charge on any atom is 0.501 e. The molecule has 0 aliphatic heterocycles. The molecular formula is C16H25FO4Si. The van der Waals surface area contributed by atoms with Gasteiger partial charge in [0, 0.05) is 31.4 Å². The molecule has 0 aromatic heterocycles. The zero-order chi connectivity index (χ0) is 16.6. The topological polar surface area (TPSA) is 44.8 Å². The first kappa shape index (κ1) is 19.0. The molecule has 6 heteroatoms. The van der Waals surface area contributed by atoms with Crippen LogP contribution >= 0.6 is 0 Å². The molecule has 124 valence electrons. The summed E-state index contributed by atoms with van der Waals surface area (Å²) in [4.78, 5) is 11.7. The van der Waals surface area contributed by atoms with Crippen LogP contribution in [0.2, 0.25) is 6.04 Å². The lowest BCUT2D eigenvalue weighted by Crippen LogP contribution is -2.46. The number of halogens is 1. The fourth-order valence-electron chi connectivity index (χ4n) is 2.42. The molecule has 1 aromatic rings. The predicted octanol–water partition coefficient (Wildman–Crippen LogP) is 3.62. The smallest absolute Gasteiger partial charge is 0.374 e. The van der Waals surface area contributed by atoms with Crippen molar-refractivity contribution in [3.05, 3.63) is 35.1 Å². The molecule has 4 nitrogen and oxygen atoms in total. The van der Waals surface area contributed by atoms with E-state index in [1.165, 1.54) is 13.0 Å². The number of hydrogen-bond donors (Lipinski definition) is 0. The van der Waals surface area contributed by atoms with E-state index in [0.717, 1.165) is 0 Å². The van der Waals surface area contributed by atoms with Crippen molar-refractivity contribution >= 4 is 14.6 Å². The summed E-state index contributed by atoms with van der Waals surface area (Å²) in [7, 11) is -2.84. The molecule has 0 N–H and O–H groups in total. The molecule has 0 bridgehead atoms. The van der Waals surface area contributed by atoms with Crippen LogP contribution in [0.4, 0.5) is 4.39 Å². The summed E-state index contributed by atoms with van der Waals surface area (Å²) >= 11 is 0. The van der Waals surface area contributed by atoms with Crippen LogP contribution in [0.15, 0.2) is 18.2 Å². The van der Waals surface area contributed by atoms with Crippen LogP contribution in [0.1, 0.15) is 43.6 Å². The third-order valence-electron chi connectivity index (χ3n) is 3.27. The SMILES string of the molecule is CCO[Si](CCc1c(F)cccc1C(C)=O)(OCC)OCC. The van der Waals surface area contributed by atoms with Crippen molar-refractivity contribution < 1.29 is 22.5 Å². The highest BCUT2D eigenvalue weighted by molar-refractivity contribution is 6.60. The monoisotopic (exact) mass is 328 g/mol. The highest BCUT2D eigenvalue weighted by atomic mass is 28.4. The standard InChI is InChI=1S/C16H25FO4Si/c1-5-19-22(20-6-2,21-7-3)12-11-15-14(13(4)18)9-8-10-16(15)17/h8-10H,5-7,11-12H2,1-4H3. The Balaban J connectivity index is 2.99. The van der Waals surface area contributed by atoms with E-state index >= 15 is 0 Å². The van der Waals surface area contributed by atoms with Gasteiger partial charge in [-0.15, -0.1) is 0 Å². The fraction of sp³-hybridized carbons (Fsp3) is 0.562. The van der Waals surface area contributed by atoms with Crippen LogP contribution in [0, 0.1) is 5.82 Å². The minimum absolute atomic E-state index is 0.147. The number of carbonyl (C=O) groups is 1. The van der Waals surface area contributed by atoms with Gasteiger partial charge in [0.25, 0.3) is 0 Å². The van der Waals surface area contributed by atoms with Gasteiger partial charge >= 0.3 is 8.80 Å². The molecule has 0 aliphatic rings. The second-order valence-electron chi connectivity index (χ2n) is 4.80. The molecular weight excluding hydrogens is 303 g/mol. The summed E-state index contributed by atoms with van der Waals surface area (Å²) in [5.41, 5.74) is 0.818. The Morgan fingerprint density at radius 1 is 1.09 bits per heavy atom. The normalized spacial score (nSPS) is 11.7. The van der Waals surface area contributed by atoms with Gasteiger partial charge in [0.15, 0.2) is 5.78 Å². The third-order valence-corrected chi connectivity index (χ3v) is 6.32. The van der Waals surface area contributed by atoms with Gasteiger partial charge in [0.05, 0.1) is 0 Å².